The first kappa shape index (κ1) is 10.0. The Hall–Kier alpha value is -1.06. The van der Waals surface area contributed by atoms with Gasteiger partial charge in [0.25, 0.3) is 10.5 Å². The van der Waals surface area contributed by atoms with Gasteiger partial charge in [0.05, 0.1) is 16.8 Å². The maximum absolute atomic E-state index is 10.8. The highest BCUT2D eigenvalue weighted by atomic mass is 35.5. The van der Waals surface area contributed by atoms with Crippen LogP contribution in [0, 0.1) is 0 Å². The smallest absolute Gasteiger partial charge is 0.254 e. The molecule has 0 aliphatic carbocycles. The normalized spacial score (nSPS) is 9.69. The van der Waals surface area contributed by atoms with E-state index >= 15 is 0 Å². The topological polar surface area (TPSA) is 60.2 Å². The standard InChI is InChI=1S/C8H5Cl2NO2/c9-7(12)4-2-1-3-5(6(4)11)8(10)13/h1-3H,11H2. The van der Waals surface area contributed by atoms with Crippen LogP contribution in [0.1, 0.15) is 20.7 Å². The van der Waals surface area contributed by atoms with Crippen LogP contribution < -0.4 is 5.73 Å². The van der Waals surface area contributed by atoms with Crippen molar-refractivity contribution >= 4 is 39.4 Å². The van der Waals surface area contributed by atoms with Crippen molar-refractivity contribution in [3.63, 3.8) is 0 Å². The maximum atomic E-state index is 10.8. The highest BCUT2D eigenvalue weighted by Crippen LogP contribution is 2.20. The summed E-state index contributed by atoms with van der Waals surface area (Å²) in [6.45, 7) is 0. The third-order valence-electron chi connectivity index (χ3n) is 1.53. The molecule has 68 valence electrons. The second-order valence-corrected chi connectivity index (χ2v) is 3.00. The van der Waals surface area contributed by atoms with Gasteiger partial charge in [-0.05, 0) is 35.3 Å². The quantitative estimate of drug-likeness (QED) is 0.610. The highest BCUT2D eigenvalue weighted by molar-refractivity contribution is 6.70. The molecule has 0 aromatic heterocycles. The van der Waals surface area contributed by atoms with E-state index in [-0.39, 0.29) is 16.8 Å². The van der Waals surface area contributed by atoms with Gasteiger partial charge in [-0.2, -0.15) is 0 Å². The van der Waals surface area contributed by atoms with Crippen LogP contribution in [0.5, 0.6) is 0 Å². The van der Waals surface area contributed by atoms with Crippen LogP contribution in [-0.4, -0.2) is 10.5 Å². The largest absolute Gasteiger partial charge is 0.397 e. The summed E-state index contributed by atoms with van der Waals surface area (Å²) in [6.07, 6.45) is 0. The minimum absolute atomic E-state index is 0.0162. The number of nitrogen functional groups attached to an aromatic ring is 1. The molecule has 0 aliphatic rings. The summed E-state index contributed by atoms with van der Waals surface area (Å²) in [6, 6.07) is 4.34. The number of carbonyl (C=O) groups is 2. The summed E-state index contributed by atoms with van der Waals surface area (Å²) in [5.74, 6) is 0. The van der Waals surface area contributed by atoms with E-state index in [1.807, 2.05) is 0 Å². The van der Waals surface area contributed by atoms with E-state index in [0.29, 0.717) is 0 Å². The summed E-state index contributed by atoms with van der Waals surface area (Å²) < 4.78 is 0. The Balaban J connectivity index is 3.35. The zero-order valence-electron chi connectivity index (χ0n) is 6.38. The van der Waals surface area contributed by atoms with Crippen molar-refractivity contribution in [3.8, 4) is 0 Å². The van der Waals surface area contributed by atoms with Crippen LogP contribution in [0.3, 0.4) is 0 Å². The minimum atomic E-state index is -0.711. The molecule has 13 heavy (non-hydrogen) atoms. The lowest BCUT2D eigenvalue weighted by Gasteiger charge is -2.03. The number of anilines is 1. The number of para-hydroxylation sites is 1. The SMILES string of the molecule is Nc1c(C(=O)Cl)cccc1C(=O)Cl. The van der Waals surface area contributed by atoms with Gasteiger partial charge in [0.15, 0.2) is 0 Å². The van der Waals surface area contributed by atoms with Crippen LogP contribution in [0.25, 0.3) is 0 Å². The van der Waals surface area contributed by atoms with Crippen LogP contribution in [0.15, 0.2) is 18.2 Å². The first-order chi connectivity index (χ1) is 6.04. The van der Waals surface area contributed by atoms with E-state index in [0.717, 1.165) is 0 Å². The van der Waals surface area contributed by atoms with Crippen molar-refractivity contribution < 1.29 is 9.59 Å². The lowest BCUT2D eigenvalue weighted by molar-refractivity contribution is 0.108. The molecule has 5 heteroatoms. The first-order valence-corrected chi connectivity index (χ1v) is 4.07. The van der Waals surface area contributed by atoms with Crippen molar-refractivity contribution in [2.45, 2.75) is 0 Å². The zero-order valence-corrected chi connectivity index (χ0v) is 7.89. The van der Waals surface area contributed by atoms with Gasteiger partial charge in [-0.15, -0.1) is 0 Å². The molecule has 0 amide bonds. The van der Waals surface area contributed by atoms with E-state index in [9.17, 15) is 9.59 Å². The molecule has 2 N–H and O–H groups in total. The summed E-state index contributed by atoms with van der Waals surface area (Å²) in [4.78, 5) is 21.5. The molecule has 0 heterocycles. The first-order valence-electron chi connectivity index (χ1n) is 3.32. The molecule has 0 radical (unpaired) electrons. The maximum Gasteiger partial charge on any atom is 0.254 e. The Bertz CT molecular complexity index is 344. The molecule has 0 unspecified atom stereocenters. The number of nitrogens with two attached hydrogens (primary N) is 1. The predicted octanol–water partition coefficient (Wildman–Crippen LogP) is 2.03. The second-order valence-electron chi connectivity index (χ2n) is 2.31. The molecular formula is C8H5Cl2NO2. The average molecular weight is 218 g/mol. The van der Waals surface area contributed by atoms with Crippen molar-refractivity contribution in [2.75, 3.05) is 5.73 Å². The molecule has 0 spiro atoms. The molecule has 1 rings (SSSR count). The summed E-state index contributed by atoms with van der Waals surface area (Å²) in [7, 11) is 0. The monoisotopic (exact) mass is 217 g/mol. The number of rotatable bonds is 2. The number of hydrogen-bond donors (Lipinski definition) is 1. The van der Waals surface area contributed by atoms with Crippen LogP contribution in [-0.2, 0) is 0 Å². The van der Waals surface area contributed by atoms with Crippen molar-refractivity contribution in [2.24, 2.45) is 0 Å². The molecule has 0 atom stereocenters. The summed E-state index contributed by atoms with van der Waals surface area (Å²) in [5, 5.41) is -1.42. The lowest BCUT2D eigenvalue weighted by atomic mass is 10.1. The van der Waals surface area contributed by atoms with Gasteiger partial charge in [0.2, 0.25) is 0 Å². The van der Waals surface area contributed by atoms with Crippen molar-refractivity contribution in [3.05, 3.63) is 29.3 Å². The fourth-order valence-corrected chi connectivity index (χ4v) is 1.24. The molecule has 0 saturated heterocycles. The zero-order chi connectivity index (χ0) is 10.0. The molecule has 3 nitrogen and oxygen atoms in total. The second kappa shape index (κ2) is 3.77. The van der Waals surface area contributed by atoms with Gasteiger partial charge in [-0.3, -0.25) is 9.59 Å². The van der Waals surface area contributed by atoms with Gasteiger partial charge in [-0.1, -0.05) is 6.07 Å². The fourth-order valence-electron chi connectivity index (χ4n) is 0.908. The Kier molecular flexibility index (Phi) is 2.90. The van der Waals surface area contributed by atoms with E-state index < -0.39 is 10.5 Å². The van der Waals surface area contributed by atoms with E-state index in [1.54, 1.807) is 0 Å². The Morgan fingerprint density at radius 2 is 1.46 bits per heavy atom. The van der Waals surface area contributed by atoms with E-state index in [4.69, 9.17) is 28.9 Å². The number of hydrogen-bond acceptors (Lipinski definition) is 3. The van der Waals surface area contributed by atoms with Crippen molar-refractivity contribution in [1.29, 1.82) is 0 Å². The highest BCUT2D eigenvalue weighted by Gasteiger charge is 2.13. The molecule has 0 aliphatic heterocycles. The number of carbonyl (C=O) groups excluding carboxylic acids is 2. The van der Waals surface area contributed by atoms with Gasteiger partial charge in [-0.25, -0.2) is 0 Å². The Labute approximate surface area is 84.4 Å². The Morgan fingerprint density at radius 3 is 1.77 bits per heavy atom. The van der Waals surface area contributed by atoms with Crippen molar-refractivity contribution in [1.82, 2.24) is 0 Å². The van der Waals surface area contributed by atoms with Gasteiger partial charge >= 0.3 is 0 Å². The molecule has 0 saturated carbocycles. The van der Waals surface area contributed by atoms with Gasteiger partial charge in [0, 0.05) is 0 Å². The molecular weight excluding hydrogens is 213 g/mol. The van der Waals surface area contributed by atoms with Crippen LogP contribution in [0.4, 0.5) is 5.69 Å². The summed E-state index contributed by atoms with van der Waals surface area (Å²) in [5.41, 5.74) is 5.67. The third kappa shape index (κ3) is 1.99. The lowest BCUT2D eigenvalue weighted by Crippen LogP contribution is -2.03. The van der Waals surface area contributed by atoms with Crippen LogP contribution in [0.2, 0.25) is 0 Å². The predicted molar refractivity (Wildman–Crippen MR) is 51.2 cm³/mol. The average Bonchev–Trinajstić information content (AvgIpc) is 2.03. The van der Waals surface area contributed by atoms with Gasteiger partial charge in [0.1, 0.15) is 0 Å². The fraction of sp³-hybridized carbons (Fsp3) is 0. The number of benzene rings is 1. The van der Waals surface area contributed by atoms with E-state index in [1.165, 1.54) is 18.2 Å². The van der Waals surface area contributed by atoms with E-state index in [2.05, 4.69) is 0 Å². The van der Waals surface area contributed by atoms with Gasteiger partial charge < -0.3 is 5.73 Å². The third-order valence-corrected chi connectivity index (χ3v) is 1.94. The number of halogens is 2. The molecule has 1 aromatic rings. The molecule has 1 aromatic carbocycles. The molecule has 0 bridgehead atoms. The Morgan fingerprint density at radius 1 is 1.08 bits per heavy atom. The minimum Gasteiger partial charge on any atom is -0.397 e. The summed E-state index contributed by atoms with van der Waals surface area (Å²) >= 11 is 10.4. The van der Waals surface area contributed by atoms with Crippen LogP contribution >= 0.6 is 23.2 Å². The molecule has 0 fully saturated rings.